The number of hydrogen-bond donors (Lipinski definition) is 1. The molecule has 1 aromatic carbocycles. The second-order valence-corrected chi connectivity index (χ2v) is 7.24. The van der Waals surface area contributed by atoms with Gasteiger partial charge in [0.2, 0.25) is 5.91 Å². The van der Waals surface area contributed by atoms with E-state index in [2.05, 4.69) is 15.2 Å². The number of benzene rings is 1. The minimum absolute atomic E-state index is 0.0422. The van der Waals surface area contributed by atoms with Gasteiger partial charge in [0.05, 0.1) is 24.2 Å². The van der Waals surface area contributed by atoms with Crippen LogP contribution in [0.25, 0.3) is 11.0 Å². The molecule has 152 valence electrons. The van der Waals surface area contributed by atoms with Crippen molar-refractivity contribution in [1.82, 2.24) is 19.8 Å². The molecule has 1 aliphatic heterocycles. The summed E-state index contributed by atoms with van der Waals surface area (Å²) in [5, 5.41) is 2.93. The van der Waals surface area contributed by atoms with Crippen LogP contribution in [0.3, 0.4) is 0 Å². The van der Waals surface area contributed by atoms with Gasteiger partial charge in [-0.1, -0.05) is 12.1 Å². The fraction of sp³-hybridized carbons (Fsp3) is 0.550. The number of aromatic nitrogens is 2. The molecule has 8 nitrogen and oxygen atoms in total. The molecular weight excluding hydrogens is 358 g/mol. The van der Waals surface area contributed by atoms with Crippen LogP contribution in [0.15, 0.2) is 29.1 Å². The number of aryl methyl sites for hydroxylation is 1. The molecule has 8 heteroatoms. The lowest BCUT2D eigenvalue weighted by Gasteiger charge is -2.28. The van der Waals surface area contributed by atoms with Crippen molar-refractivity contribution in [2.45, 2.75) is 19.4 Å². The van der Waals surface area contributed by atoms with Crippen molar-refractivity contribution in [2.75, 3.05) is 58.4 Å². The summed E-state index contributed by atoms with van der Waals surface area (Å²) in [5.74, 6) is 0.396. The minimum Gasteiger partial charge on any atom is -0.378 e. The Balaban J connectivity index is 1.75. The quantitative estimate of drug-likeness (QED) is 0.672. The van der Waals surface area contributed by atoms with Gasteiger partial charge in [-0.3, -0.25) is 9.59 Å². The molecule has 2 aromatic rings. The van der Waals surface area contributed by atoms with E-state index < -0.39 is 0 Å². The summed E-state index contributed by atoms with van der Waals surface area (Å²) in [6.45, 7) is 4.37. The number of fused-ring (bicyclic) bond motifs is 1. The van der Waals surface area contributed by atoms with E-state index >= 15 is 0 Å². The van der Waals surface area contributed by atoms with Crippen molar-refractivity contribution in [3.8, 4) is 0 Å². The molecule has 1 fully saturated rings. The van der Waals surface area contributed by atoms with Crippen molar-refractivity contribution in [3.63, 3.8) is 0 Å². The number of rotatable bonds is 8. The highest BCUT2D eigenvalue weighted by molar-refractivity contribution is 5.78. The topological polar surface area (TPSA) is 79.7 Å². The van der Waals surface area contributed by atoms with Crippen LogP contribution in [0.1, 0.15) is 12.8 Å². The van der Waals surface area contributed by atoms with Crippen LogP contribution in [-0.2, 0) is 16.1 Å². The van der Waals surface area contributed by atoms with Crippen molar-refractivity contribution in [1.29, 1.82) is 0 Å². The molecule has 0 atom stereocenters. The van der Waals surface area contributed by atoms with Gasteiger partial charge in [0, 0.05) is 32.6 Å². The smallest absolute Gasteiger partial charge is 0.294 e. The normalized spacial score (nSPS) is 14.6. The first-order chi connectivity index (χ1) is 13.6. The molecule has 2 heterocycles. The molecule has 0 unspecified atom stereocenters. The van der Waals surface area contributed by atoms with E-state index in [0.29, 0.717) is 45.2 Å². The molecule has 0 spiro atoms. The van der Waals surface area contributed by atoms with Gasteiger partial charge in [0.15, 0.2) is 5.82 Å². The summed E-state index contributed by atoms with van der Waals surface area (Å²) >= 11 is 0. The molecule has 1 N–H and O–H groups in total. The fourth-order valence-electron chi connectivity index (χ4n) is 3.31. The van der Waals surface area contributed by atoms with Crippen molar-refractivity contribution in [3.05, 3.63) is 34.6 Å². The lowest BCUT2D eigenvalue weighted by molar-refractivity contribution is -0.121. The van der Waals surface area contributed by atoms with Gasteiger partial charge < -0.3 is 24.4 Å². The summed E-state index contributed by atoms with van der Waals surface area (Å²) in [4.78, 5) is 34.0. The minimum atomic E-state index is -0.152. The zero-order valence-corrected chi connectivity index (χ0v) is 16.7. The Morgan fingerprint density at radius 3 is 2.75 bits per heavy atom. The van der Waals surface area contributed by atoms with Gasteiger partial charge in [-0.05, 0) is 39.2 Å². The maximum absolute atomic E-state index is 13.1. The third kappa shape index (κ3) is 5.08. The molecule has 0 bridgehead atoms. The summed E-state index contributed by atoms with van der Waals surface area (Å²) in [5.41, 5.74) is 1.36. The lowest BCUT2D eigenvalue weighted by atomic mass is 10.2. The fourth-order valence-corrected chi connectivity index (χ4v) is 3.31. The Bertz CT molecular complexity index is 859. The molecule has 1 aromatic heterocycles. The van der Waals surface area contributed by atoms with Gasteiger partial charge in [0.1, 0.15) is 0 Å². The second-order valence-electron chi connectivity index (χ2n) is 7.24. The highest BCUT2D eigenvalue weighted by atomic mass is 16.5. The third-order valence-corrected chi connectivity index (χ3v) is 4.81. The largest absolute Gasteiger partial charge is 0.378 e. The summed E-state index contributed by atoms with van der Waals surface area (Å²) in [6.07, 6.45) is 1.16. The Morgan fingerprint density at radius 2 is 2.00 bits per heavy atom. The Labute approximate surface area is 165 Å². The van der Waals surface area contributed by atoms with Gasteiger partial charge in [0.25, 0.3) is 5.56 Å². The molecule has 1 aliphatic rings. The molecule has 0 radical (unpaired) electrons. The van der Waals surface area contributed by atoms with E-state index in [4.69, 9.17) is 4.74 Å². The maximum atomic E-state index is 13.1. The summed E-state index contributed by atoms with van der Waals surface area (Å²) in [6, 6.07) is 7.57. The van der Waals surface area contributed by atoms with E-state index in [1.165, 1.54) is 0 Å². The van der Waals surface area contributed by atoms with Crippen molar-refractivity contribution < 1.29 is 9.53 Å². The van der Waals surface area contributed by atoms with Crippen LogP contribution in [-0.4, -0.2) is 73.8 Å². The van der Waals surface area contributed by atoms with E-state index in [9.17, 15) is 9.59 Å². The number of hydrogen-bond acceptors (Lipinski definition) is 6. The number of carbonyl (C=O) groups excluding carboxylic acids is 1. The monoisotopic (exact) mass is 387 g/mol. The zero-order chi connectivity index (χ0) is 19.9. The second kappa shape index (κ2) is 9.66. The predicted molar refractivity (Wildman–Crippen MR) is 110 cm³/mol. The average molecular weight is 387 g/mol. The molecular formula is C20H29N5O3. The molecule has 1 amide bonds. The lowest BCUT2D eigenvalue weighted by Crippen LogP contribution is -2.41. The molecule has 3 rings (SSSR count). The van der Waals surface area contributed by atoms with Crippen LogP contribution in [0.5, 0.6) is 0 Å². The van der Waals surface area contributed by atoms with E-state index in [-0.39, 0.29) is 17.9 Å². The van der Waals surface area contributed by atoms with Gasteiger partial charge in [-0.15, -0.1) is 0 Å². The first kappa shape index (κ1) is 20.3. The Kier molecular flexibility index (Phi) is 7.00. The number of nitrogens with one attached hydrogen (secondary N) is 1. The van der Waals surface area contributed by atoms with Crippen LogP contribution < -0.4 is 15.8 Å². The third-order valence-electron chi connectivity index (χ3n) is 4.81. The number of morpholine rings is 1. The predicted octanol–water partition coefficient (Wildman–Crippen LogP) is 0.691. The van der Waals surface area contributed by atoms with Gasteiger partial charge in [-0.25, -0.2) is 4.98 Å². The van der Waals surface area contributed by atoms with Crippen LogP contribution in [0.2, 0.25) is 0 Å². The first-order valence-corrected chi connectivity index (χ1v) is 9.80. The summed E-state index contributed by atoms with van der Waals surface area (Å²) in [7, 11) is 4.02. The van der Waals surface area contributed by atoms with Gasteiger partial charge in [-0.2, -0.15) is 0 Å². The van der Waals surface area contributed by atoms with E-state index in [1.54, 1.807) is 4.57 Å². The molecule has 1 saturated heterocycles. The van der Waals surface area contributed by atoms with Gasteiger partial charge >= 0.3 is 0 Å². The SMILES string of the molecule is CN(C)CCCNC(=O)CCn1c(=O)c(N2CCOCC2)nc2ccccc21. The zero-order valence-electron chi connectivity index (χ0n) is 16.7. The van der Waals surface area contributed by atoms with E-state index in [1.807, 2.05) is 43.3 Å². The van der Waals surface area contributed by atoms with Crippen LogP contribution in [0, 0.1) is 0 Å². The van der Waals surface area contributed by atoms with Crippen molar-refractivity contribution >= 4 is 22.8 Å². The number of amides is 1. The standard InChI is InChI=1S/C20H29N5O3/c1-23(2)10-5-9-21-18(26)8-11-25-17-7-4-3-6-16(17)22-19(20(25)27)24-12-14-28-15-13-24/h3-4,6-7H,5,8-15H2,1-2H3,(H,21,26). The molecule has 0 saturated carbocycles. The number of carbonyl (C=O) groups is 1. The number of anilines is 1. The molecule has 0 aliphatic carbocycles. The Hall–Kier alpha value is -2.45. The highest BCUT2D eigenvalue weighted by Gasteiger charge is 2.19. The first-order valence-electron chi connectivity index (χ1n) is 9.80. The summed E-state index contributed by atoms with van der Waals surface area (Å²) < 4.78 is 7.06. The highest BCUT2D eigenvalue weighted by Crippen LogP contribution is 2.15. The average Bonchev–Trinajstić information content (AvgIpc) is 2.70. The van der Waals surface area contributed by atoms with E-state index in [0.717, 1.165) is 24.0 Å². The van der Waals surface area contributed by atoms with Crippen LogP contribution in [0.4, 0.5) is 5.82 Å². The number of nitrogens with zero attached hydrogens (tertiary/aromatic N) is 4. The molecule has 28 heavy (non-hydrogen) atoms. The number of para-hydroxylation sites is 2. The number of ether oxygens (including phenoxy) is 1. The maximum Gasteiger partial charge on any atom is 0.294 e. The Morgan fingerprint density at radius 1 is 1.25 bits per heavy atom. The van der Waals surface area contributed by atoms with Crippen LogP contribution >= 0.6 is 0 Å². The van der Waals surface area contributed by atoms with Crippen molar-refractivity contribution in [2.24, 2.45) is 0 Å².